The normalized spacial score (nSPS) is 19.0. The van der Waals surface area contributed by atoms with Crippen molar-refractivity contribution in [2.45, 2.75) is 65.8 Å². The van der Waals surface area contributed by atoms with E-state index >= 15 is 0 Å². The van der Waals surface area contributed by atoms with Gasteiger partial charge in [-0.25, -0.2) is 0 Å². The molecule has 1 saturated carbocycles. The second kappa shape index (κ2) is 15.6. The topological polar surface area (TPSA) is 93.7 Å². The van der Waals surface area contributed by atoms with Crippen LogP contribution in [-0.4, -0.2) is 57.1 Å². The highest BCUT2D eigenvalue weighted by molar-refractivity contribution is 5.80. The fourth-order valence-corrected chi connectivity index (χ4v) is 2.85. The Balaban J connectivity index is 0.00000326. The van der Waals surface area contributed by atoms with Crippen molar-refractivity contribution in [1.29, 1.82) is 0 Å². The van der Waals surface area contributed by atoms with Crippen LogP contribution in [0.2, 0.25) is 0 Å². The first-order chi connectivity index (χ1) is 12.9. The summed E-state index contributed by atoms with van der Waals surface area (Å²) in [5, 5.41) is 5.80. The molecular formula is C20H38N2O5. The van der Waals surface area contributed by atoms with Gasteiger partial charge in [-0.1, -0.05) is 27.7 Å². The highest BCUT2D eigenvalue weighted by Crippen LogP contribution is 2.24. The van der Waals surface area contributed by atoms with Gasteiger partial charge in [0.1, 0.15) is 12.4 Å². The van der Waals surface area contributed by atoms with E-state index in [9.17, 15) is 14.4 Å². The molecule has 0 heterocycles. The van der Waals surface area contributed by atoms with Crippen LogP contribution >= 0.6 is 0 Å². The molecule has 7 nitrogen and oxygen atoms in total. The molecule has 0 atom stereocenters. The zero-order valence-corrected chi connectivity index (χ0v) is 17.6. The summed E-state index contributed by atoms with van der Waals surface area (Å²) in [7, 11) is 1.49. The molecule has 1 aliphatic rings. The van der Waals surface area contributed by atoms with Crippen LogP contribution in [0.4, 0.5) is 0 Å². The Morgan fingerprint density at radius 2 is 1.67 bits per heavy atom. The number of ketones is 1. The first kappa shape index (κ1) is 25.5. The molecule has 7 heteroatoms. The molecule has 1 aliphatic carbocycles. The monoisotopic (exact) mass is 386 g/mol. The molecule has 0 aliphatic heterocycles. The van der Waals surface area contributed by atoms with Gasteiger partial charge in [0, 0.05) is 38.0 Å². The minimum Gasteiger partial charge on any atom is -0.379 e. The molecule has 0 unspecified atom stereocenters. The number of nitrogens with one attached hydrogen (secondary N) is 2. The van der Waals surface area contributed by atoms with Crippen molar-refractivity contribution >= 4 is 17.6 Å². The molecule has 0 radical (unpaired) electrons. The van der Waals surface area contributed by atoms with Crippen LogP contribution in [0.25, 0.3) is 0 Å². The van der Waals surface area contributed by atoms with E-state index in [1.807, 2.05) is 27.7 Å². The number of methoxy groups -OCH3 is 1. The lowest BCUT2D eigenvalue weighted by Gasteiger charge is -2.28. The van der Waals surface area contributed by atoms with Crippen LogP contribution in [0.5, 0.6) is 0 Å². The van der Waals surface area contributed by atoms with Gasteiger partial charge in [0.05, 0.1) is 13.2 Å². The molecule has 1 fully saturated rings. The van der Waals surface area contributed by atoms with E-state index < -0.39 is 0 Å². The minimum absolute atomic E-state index is 0.00176. The summed E-state index contributed by atoms with van der Waals surface area (Å²) in [4.78, 5) is 35.1. The second-order valence-corrected chi connectivity index (χ2v) is 6.82. The lowest BCUT2D eigenvalue weighted by atomic mass is 9.85. The third-order valence-corrected chi connectivity index (χ3v) is 4.42. The smallest absolute Gasteiger partial charge is 0.246 e. The Bertz CT molecular complexity index is 432. The highest BCUT2D eigenvalue weighted by Gasteiger charge is 2.26. The third-order valence-electron chi connectivity index (χ3n) is 4.42. The van der Waals surface area contributed by atoms with E-state index in [0.717, 1.165) is 25.7 Å². The van der Waals surface area contributed by atoms with Crippen LogP contribution in [0, 0.1) is 11.8 Å². The lowest BCUT2D eigenvalue weighted by Crippen LogP contribution is -2.42. The Hall–Kier alpha value is -1.47. The maximum Gasteiger partial charge on any atom is 0.246 e. The summed E-state index contributed by atoms with van der Waals surface area (Å²) >= 11 is 0. The van der Waals surface area contributed by atoms with Gasteiger partial charge in [-0.15, -0.1) is 0 Å². The Labute approximate surface area is 163 Å². The van der Waals surface area contributed by atoms with Crippen LogP contribution in [-0.2, 0) is 23.9 Å². The Morgan fingerprint density at radius 1 is 1.04 bits per heavy atom. The quantitative estimate of drug-likeness (QED) is 0.530. The predicted octanol–water partition coefficient (Wildman–Crippen LogP) is 2.08. The number of ether oxygens (including phenoxy) is 2. The van der Waals surface area contributed by atoms with E-state index in [4.69, 9.17) is 9.47 Å². The van der Waals surface area contributed by atoms with E-state index in [1.165, 1.54) is 7.11 Å². The lowest BCUT2D eigenvalue weighted by molar-refractivity contribution is -0.127. The molecular weight excluding hydrogens is 348 g/mol. The fraction of sp³-hybridized carbons (Fsp3) is 0.850. The minimum atomic E-state index is -0.108. The first-order valence-electron chi connectivity index (χ1n) is 10.1. The second-order valence-electron chi connectivity index (χ2n) is 6.82. The fourth-order valence-electron chi connectivity index (χ4n) is 2.85. The molecule has 2 amide bonds. The SMILES string of the molecule is CC.COCC(=O)NC1CCC(C(=O)NCCOCCC(=O)C(C)C)CC1. The van der Waals surface area contributed by atoms with Gasteiger partial charge in [0.2, 0.25) is 11.8 Å². The largest absolute Gasteiger partial charge is 0.379 e. The van der Waals surface area contributed by atoms with E-state index in [2.05, 4.69) is 10.6 Å². The number of Topliss-reactive ketones (excluding diaryl/α,β-unsaturated/α-hetero) is 1. The van der Waals surface area contributed by atoms with Crippen molar-refractivity contribution in [2.75, 3.05) is 33.5 Å². The first-order valence-corrected chi connectivity index (χ1v) is 10.1. The summed E-state index contributed by atoms with van der Waals surface area (Å²) in [6.07, 6.45) is 3.58. The van der Waals surface area contributed by atoms with Crippen LogP contribution in [0.3, 0.4) is 0 Å². The molecule has 0 aromatic rings. The van der Waals surface area contributed by atoms with Crippen molar-refractivity contribution in [2.24, 2.45) is 11.8 Å². The zero-order valence-electron chi connectivity index (χ0n) is 17.6. The van der Waals surface area contributed by atoms with E-state index in [-0.39, 0.29) is 42.1 Å². The van der Waals surface area contributed by atoms with Crippen molar-refractivity contribution in [1.82, 2.24) is 10.6 Å². The number of carbonyl (C=O) groups excluding carboxylic acids is 3. The Morgan fingerprint density at radius 3 is 2.22 bits per heavy atom. The van der Waals surface area contributed by atoms with E-state index in [1.54, 1.807) is 0 Å². The highest BCUT2D eigenvalue weighted by atomic mass is 16.5. The summed E-state index contributed by atoms with van der Waals surface area (Å²) in [5.74, 6) is 0.168. The molecule has 158 valence electrons. The molecule has 0 aromatic heterocycles. The predicted molar refractivity (Wildman–Crippen MR) is 105 cm³/mol. The number of hydrogen-bond acceptors (Lipinski definition) is 5. The average molecular weight is 387 g/mol. The summed E-state index contributed by atoms with van der Waals surface area (Å²) in [6, 6.07) is 0.133. The molecule has 2 N–H and O–H groups in total. The molecule has 0 spiro atoms. The number of rotatable bonds is 11. The molecule has 0 saturated heterocycles. The van der Waals surface area contributed by atoms with Gasteiger partial charge in [0.15, 0.2) is 0 Å². The molecule has 0 bridgehead atoms. The standard InChI is InChI=1S/C18H32N2O5.C2H6/c1-13(2)16(21)8-10-25-11-9-19-18(23)14-4-6-15(7-5-14)20-17(22)12-24-3;1-2/h13-15H,4-12H2,1-3H3,(H,19,23)(H,20,22);1-2H3. The van der Waals surface area contributed by atoms with Crippen LogP contribution in [0.15, 0.2) is 0 Å². The van der Waals surface area contributed by atoms with Crippen molar-refractivity contribution < 1.29 is 23.9 Å². The van der Waals surface area contributed by atoms with Gasteiger partial charge >= 0.3 is 0 Å². The third kappa shape index (κ3) is 11.8. The van der Waals surface area contributed by atoms with Crippen LogP contribution < -0.4 is 10.6 Å². The molecule has 27 heavy (non-hydrogen) atoms. The van der Waals surface area contributed by atoms with Crippen molar-refractivity contribution in [3.05, 3.63) is 0 Å². The van der Waals surface area contributed by atoms with Crippen LogP contribution in [0.1, 0.15) is 59.8 Å². The van der Waals surface area contributed by atoms with E-state index in [0.29, 0.717) is 26.2 Å². The van der Waals surface area contributed by atoms with Gasteiger partial charge in [-0.2, -0.15) is 0 Å². The molecule has 1 rings (SSSR count). The summed E-state index contributed by atoms with van der Waals surface area (Å²) < 4.78 is 10.2. The summed E-state index contributed by atoms with van der Waals surface area (Å²) in [5.41, 5.74) is 0. The maximum atomic E-state index is 12.1. The van der Waals surface area contributed by atoms with Gasteiger partial charge in [-0.3, -0.25) is 14.4 Å². The molecule has 0 aromatic carbocycles. The summed E-state index contributed by atoms with van der Waals surface area (Å²) in [6.45, 7) is 9.10. The number of carbonyl (C=O) groups is 3. The van der Waals surface area contributed by atoms with Crippen molar-refractivity contribution in [3.8, 4) is 0 Å². The van der Waals surface area contributed by atoms with Crippen molar-refractivity contribution in [3.63, 3.8) is 0 Å². The van der Waals surface area contributed by atoms with Gasteiger partial charge in [-0.05, 0) is 25.7 Å². The Kier molecular flexibility index (Phi) is 14.7. The number of amides is 2. The maximum absolute atomic E-state index is 12.1. The van der Waals surface area contributed by atoms with Gasteiger partial charge in [0.25, 0.3) is 0 Å². The average Bonchev–Trinajstić information content (AvgIpc) is 2.66. The van der Waals surface area contributed by atoms with Gasteiger partial charge < -0.3 is 20.1 Å². The zero-order chi connectivity index (χ0) is 20.7. The number of hydrogen-bond donors (Lipinski definition) is 2.